The molecule has 1 fully saturated rings. The van der Waals surface area contributed by atoms with Crippen LogP contribution in [-0.4, -0.2) is 73.4 Å². The van der Waals surface area contributed by atoms with Crippen molar-refractivity contribution in [1.82, 2.24) is 20.4 Å². The third kappa shape index (κ3) is 12.1. The van der Waals surface area contributed by atoms with Crippen LogP contribution in [0.15, 0.2) is 17.6 Å². The van der Waals surface area contributed by atoms with Crippen LogP contribution in [0.1, 0.15) is 52.9 Å². The molecule has 2 N–H and O–H groups in total. The maximum Gasteiger partial charge on any atom is 0.222 e. The van der Waals surface area contributed by atoms with E-state index >= 15 is 0 Å². The quantitative estimate of drug-likeness (QED) is 0.144. The Hall–Kier alpha value is -1.32. The standard InChI is InChI=1S/C21H39N5O2.HI/c1-5-11-23-21(22-6-2)24-12-9-7-8-10-19(27)25-13-15-26(16-14-25)20(28)17-18(3)4;/h5,18H,1,6-17H2,2-4H3,(H2,22,23,24);1H. The molecule has 1 aliphatic rings. The summed E-state index contributed by atoms with van der Waals surface area (Å²) in [6.45, 7) is 14.8. The second kappa shape index (κ2) is 16.5. The first-order valence-corrected chi connectivity index (χ1v) is 10.7. The fraction of sp³-hybridized carbons (Fsp3) is 0.762. The molecule has 0 aliphatic carbocycles. The normalized spacial score (nSPS) is 14.4. The van der Waals surface area contributed by atoms with Crippen molar-refractivity contribution in [3.05, 3.63) is 12.7 Å². The van der Waals surface area contributed by atoms with Crippen LogP contribution >= 0.6 is 24.0 Å². The SMILES string of the molecule is C=CCNC(=NCCCCCC(=O)N1CCN(C(=O)CC(C)C)CC1)NCC.I. The molecule has 8 heteroatoms. The van der Waals surface area contributed by atoms with Crippen LogP contribution in [0.25, 0.3) is 0 Å². The van der Waals surface area contributed by atoms with E-state index in [1.807, 2.05) is 16.7 Å². The summed E-state index contributed by atoms with van der Waals surface area (Å²) in [6.07, 6.45) is 5.82. The highest BCUT2D eigenvalue weighted by molar-refractivity contribution is 14.0. The number of nitrogens with one attached hydrogen (secondary N) is 2. The number of halogens is 1. The molecule has 1 aliphatic heterocycles. The predicted molar refractivity (Wildman–Crippen MR) is 131 cm³/mol. The van der Waals surface area contributed by atoms with Gasteiger partial charge in [-0.25, -0.2) is 0 Å². The average molecular weight is 521 g/mol. The van der Waals surface area contributed by atoms with Gasteiger partial charge in [0.15, 0.2) is 5.96 Å². The number of amides is 2. The number of guanidine groups is 1. The fourth-order valence-corrected chi connectivity index (χ4v) is 3.11. The van der Waals surface area contributed by atoms with Crippen molar-refractivity contribution in [3.63, 3.8) is 0 Å². The molecule has 0 aromatic carbocycles. The van der Waals surface area contributed by atoms with E-state index < -0.39 is 0 Å². The summed E-state index contributed by atoms with van der Waals surface area (Å²) in [7, 11) is 0. The molecule has 1 saturated heterocycles. The van der Waals surface area contributed by atoms with Crippen molar-refractivity contribution in [1.29, 1.82) is 0 Å². The molecule has 0 radical (unpaired) electrons. The number of unbranched alkanes of at least 4 members (excludes halogenated alkanes) is 2. The Morgan fingerprint density at radius 3 is 2.21 bits per heavy atom. The second-order valence-corrected chi connectivity index (χ2v) is 7.60. The summed E-state index contributed by atoms with van der Waals surface area (Å²) in [5, 5.41) is 6.37. The number of hydrogen-bond donors (Lipinski definition) is 2. The van der Waals surface area contributed by atoms with Gasteiger partial charge in [0.25, 0.3) is 0 Å². The highest BCUT2D eigenvalue weighted by Gasteiger charge is 2.23. The van der Waals surface area contributed by atoms with Crippen molar-refractivity contribution >= 4 is 41.8 Å². The Morgan fingerprint density at radius 2 is 1.66 bits per heavy atom. The van der Waals surface area contributed by atoms with Gasteiger partial charge in [-0.3, -0.25) is 14.6 Å². The van der Waals surface area contributed by atoms with Crippen LogP contribution < -0.4 is 10.6 Å². The first-order valence-electron chi connectivity index (χ1n) is 10.7. The Kier molecular flexibility index (Phi) is 15.7. The lowest BCUT2D eigenvalue weighted by Gasteiger charge is -2.35. The largest absolute Gasteiger partial charge is 0.357 e. The van der Waals surface area contributed by atoms with Crippen LogP contribution in [0.3, 0.4) is 0 Å². The topological polar surface area (TPSA) is 77.0 Å². The van der Waals surface area contributed by atoms with E-state index in [1.165, 1.54) is 0 Å². The molecule has 0 spiro atoms. The minimum absolute atomic E-state index is 0. The number of nitrogens with zero attached hydrogens (tertiary/aromatic N) is 3. The smallest absolute Gasteiger partial charge is 0.222 e. The molecule has 0 atom stereocenters. The number of carbonyl (C=O) groups excluding carboxylic acids is 2. The minimum Gasteiger partial charge on any atom is -0.357 e. The van der Waals surface area contributed by atoms with E-state index in [0.29, 0.717) is 51.5 Å². The van der Waals surface area contributed by atoms with Gasteiger partial charge in [-0.2, -0.15) is 0 Å². The lowest BCUT2D eigenvalue weighted by molar-refractivity contribution is -0.140. The van der Waals surface area contributed by atoms with Gasteiger partial charge in [-0.1, -0.05) is 26.3 Å². The van der Waals surface area contributed by atoms with Crippen molar-refractivity contribution in [3.8, 4) is 0 Å². The lowest BCUT2D eigenvalue weighted by Crippen LogP contribution is -2.50. The van der Waals surface area contributed by atoms with Crippen molar-refractivity contribution in [2.75, 3.05) is 45.8 Å². The predicted octanol–water partition coefficient (Wildman–Crippen LogP) is 2.62. The van der Waals surface area contributed by atoms with Crippen LogP contribution in [0.2, 0.25) is 0 Å². The summed E-state index contributed by atoms with van der Waals surface area (Å²) in [6, 6.07) is 0. The molecule has 0 saturated carbocycles. The van der Waals surface area contributed by atoms with Crippen LogP contribution in [0.4, 0.5) is 0 Å². The Morgan fingerprint density at radius 1 is 1.03 bits per heavy atom. The van der Waals surface area contributed by atoms with Gasteiger partial charge >= 0.3 is 0 Å². The van der Waals surface area contributed by atoms with E-state index in [9.17, 15) is 9.59 Å². The molecule has 1 rings (SSSR count). The van der Waals surface area contributed by atoms with Crippen LogP contribution in [0, 0.1) is 5.92 Å². The Labute approximate surface area is 193 Å². The first kappa shape index (κ1) is 27.7. The van der Waals surface area contributed by atoms with Crippen molar-refractivity contribution < 1.29 is 9.59 Å². The monoisotopic (exact) mass is 521 g/mol. The maximum atomic E-state index is 12.4. The Balaban J connectivity index is 0.00000784. The van der Waals surface area contributed by atoms with Gasteiger partial charge in [0.1, 0.15) is 0 Å². The molecule has 0 bridgehead atoms. The van der Waals surface area contributed by atoms with Crippen LogP contribution in [0.5, 0.6) is 0 Å². The molecule has 7 nitrogen and oxygen atoms in total. The number of aliphatic imine (C=N–C) groups is 1. The number of piperazine rings is 1. The summed E-state index contributed by atoms with van der Waals surface area (Å²) < 4.78 is 0. The number of rotatable bonds is 11. The highest BCUT2D eigenvalue weighted by atomic mass is 127. The van der Waals surface area contributed by atoms with E-state index in [-0.39, 0.29) is 35.8 Å². The molecule has 2 amide bonds. The number of hydrogen-bond acceptors (Lipinski definition) is 3. The summed E-state index contributed by atoms with van der Waals surface area (Å²) in [4.78, 5) is 32.8. The highest BCUT2D eigenvalue weighted by Crippen LogP contribution is 2.10. The average Bonchev–Trinajstić information content (AvgIpc) is 2.68. The van der Waals surface area contributed by atoms with Gasteiger partial charge in [0.2, 0.25) is 11.8 Å². The van der Waals surface area contributed by atoms with Crippen molar-refractivity contribution in [2.24, 2.45) is 10.9 Å². The zero-order valence-corrected chi connectivity index (χ0v) is 20.7. The van der Waals surface area contributed by atoms with Crippen LogP contribution in [-0.2, 0) is 9.59 Å². The molecule has 0 unspecified atom stereocenters. The second-order valence-electron chi connectivity index (χ2n) is 7.60. The van der Waals surface area contributed by atoms with Gasteiger partial charge in [-0.15, -0.1) is 30.6 Å². The van der Waals surface area contributed by atoms with E-state index in [2.05, 4.69) is 36.1 Å². The van der Waals surface area contributed by atoms with Gasteiger partial charge in [0.05, 0.1) is 0 Å². The molecular weight excluding hydrogens is 481 g/mol. The van der Waals surface area contributed by atoms with E-state index in [1.54, 1.807) is 6.08 Å². The van der Waals surface area contributed by atoms with Crippen molar-refractivity contribution in [2.45, 2.75) is 52.9 Å². The number of carbonyl (C=O) groups is 2. The minimum atomic E-state index is 0. The molecule has 0 aromatic rings. The lowest BCUT2D eigenvalue weighted by atomic mass is 10.1. The third-order valence-corrected chi connectivity index (χ3v) is 4.64. The van der Waals surface area contributed by atoms with Gasteiger partial charge in [-0.05, 0) is 25.7 Å². The summed E-state index contributed by atoms with van der Waals surface area (Å²) in [5.74, 6) is 1.61. The zero-order chi connectivity index (χ0) is 20.8. The van der Waals surface area contributed by atoms with E-state index in [0.717, 1.165) is 38.3 Å². The molecule has 168 valence electrons. The Bertz CT molecular complexity index is 517. The molecule has 1 heterocycles. The first-order chi connectivity index (χ1) is 13.5. The summed E-state index contributed by atoms with van der Waals surface area (Å²) in [5.41, 5.74) is 0. The third-order valence-electron chi connectivity index (χ3n) is 4.64. The zero-order valence-electron chi connectivity index (χ0n) is 18.4. The van der Waals surface area contributed by atoms with E-state index in [4.69, 9.17) is 0 Å². The summed E-state index contributed by atoms with van der Waals surface area (Å²) >= 11 is 0. The molecule has 29 heavy (non-hydrogen) atoms. The molecular formula is C21H40IN5O2. The van der Waals surface area contributed by atoms with Gasteiger partial charge in [0, 0.05) is 58.7 Å². The fourth-order valence-electron chi connectivity index (χ4n) is 3.11. The maximum absolute atomic E-state index is 12.4. The molecule has 0 aromatic heterocycles. The van der Waals surface area contributed by atoms with Gasteiger partial charge < -0.3 is 20.4 Å².